The third-order valence-corrected chi connectivity index (χ3v) is 6.88. The van der Waals surface area contributed by atoms with Gasteiger partial charge in [0.15, 0.2) is 0 Å². The number of carbonyl (C=O) groups is 3. The smallest absolute Gasteiger partial charge is 0.408 e. The molecular weight excluding hydrogens is 498 g/mol. The molecule has 0 aromatic heterocycles. The third-order valence-electron chi connectivity index (χ3n) is 6.52. The molecule has 1 aromatic rings. The molecule has 216 valence electrons. The van der Waals surface area contributed by atoms with Gasteiger partial charge in [0.2, 0.25) is 11.8 Å². The molecule has 0 bridgehead atoms. The van der Waals surface area contributed by atoms with E-state index < -0.39 is 23.8 Å². The molecule has 1 rings (SSSR count). The number of hydrogen-bond acceptors (Lipinski definition) is 5. The summed E-state index contributed by atoms with van der Waals surface area (Å²) in [5, 5.41) is 5.76. The van der Waals surface area contributed by atoms with Crippen LogP contribution in [0.3, 0.4) is 0 Å². The van der Waals surface area contributed by atoms with Crippen LogP contribution >= 0.6 is 12.6 Å². The lowest BCUT2D eigenvalue weighted by atomic mass is 9.95. The number of carbonyl (C=O) groups excluding carboxylic acids is 3. The molecular formula is C30H51N3O4S. The molecule has 3 amide bonds. The maximum Gasteiger partial charge on any atom is 0.408 e. The maximum absolute atomic E-state index is 14.1. The van der Waals surface area contributed by atoms with E-state index in [4.69, 9.17) is 4.74 Å². The van der Waals surface area contributed by atoms with E-state index in [1.165, 1.54) is 0 Å². The molecule has 38 heavy (non-hydrogen) atoms. The number of nitrogens with one attached hydrogen (secondary N) is 2. The van der Waals surface area contributed by atoms with Gasteiger partial charge in [0.25, 0.3) is 0 Å². The highest BCUT2D eigenvalue weighted by molar-refractivity contribution is 7.80. The predicted octanol–water partition coefficient (Wildman–Crippen LogP) is 6.13. The summed E-state index contributed by atoms with van der Waals surface area (Å²) in [4.78, 5) is 42.1. The summed E-state index contributed by atoms with van der Waals surface area (Å²) < 4.78 is 5.40. The zero-order valence-electron chi connectivity index (χ0n) is 25.0. The Hall–Kier alpha value is -2.22. The summed E-state index contributed by atoms with van der Waals surface area (Å²) in [6.07, 6.45) is 3.87. The van der Waals surface area contributed by atoms with Crippen molar-refractivity contribution in [3.63, 3.8) is 0 Å². The van der Waals surface area contributed by atoms with Gasteiger partial charge in [-0.05, 0) is 83.4 Å². The summed E-state index contributed by atoms with van der Waals surface area (Å²) in [5.41, 5.74) is 2.20. The topological polar surface area (TPSA) is 87.7 Å². The number of alkyl carbamates (subject to hydrolysis) is 1. The standard InChI is InChI=1S/C30H51N3O4S/c1-10-11-12-17-31-27(34)26(24-16-14-21(4)22(5)18-24)33(23(6)15-13-20(2)3)28(35)25(19-38)32-29(36)37-30(7,8)9/h14,16,18,20,23,25-26,38H,10-13,15,17,19H2,1-9H3,(H,31,34)(H,32,36). The highest BCUT2D eigenvalue weighted by Crippen LogP contribution is 2.29. The van der Waals surface area contributed by atoms with E-state index in [1.807, 2.05) is 39.0 Å². The van der Waals surface area contributed by atoms with Crippen molar-refractivity contribution < 1.29 is 19.1 Å². The molecule has 3 atom stereocenters. The Kier molecular flexibility index (Phi) is 14.2. The first-order valence-corrected chi connectivity index (χ1v) is 14.6. The third kappa shape index (κ3) is 11.3. The van der Waals surface area contributed by atoms with Gasteiger partial charge in [0, 0.05) is 18.3 Å². The molecule has 8 heteroatoms. The van der Waals surface area contributed by atoms with Crippen LogP contribution in [0.1, 0.15) is 103 Å². The van der Waals surface area contributed by atoms with Gasteiger partial charge >= 0.3 is 6.09 Å². The minimum Gasteiger partial charge on any atom is -0.444 e. The predicted molar refractivity (Wildman–Crippen MR) is 159 cm³/mol. The summed E-state index contributed by atoms with van der Waals surface area (Å²) in [6.45, 7) is 18.2. The number of thiol groups is 1. The highest BCUT2D eigenvalue weighted by atomic mass is 32.1. The number of aryl methyl sites for hydroxylation is 2. The van der Waals surface area contributed by atoms with Crippen LogP contribution in [0.2, 0.25) is 0 Å². The summed E-state index contributed by atoms with van der Waals surface area (Å²) >= 11 is 4.39. The lowest BCUT2D eigenvalue weighted by Gasteiger charge is -2.38. The molecule has 2 N–H and O–H groups in total. The molecule has 0 aliphatic rings. The Morgan fingerprint density at radius 3 is 2.21 bits per heavy atom. The average molecular weight is 550 g/mol. The monoisotopic (exact) mass is 549 g/mol. The molecule has 1 aromatic carbocycles. The fraction of sp³-hybridized carbons (Fsp3) is 0.700. The van der Waals surface area contributed by atoms with Crippen LogP contribution < -0.4 is 10.6 Å². The molecule has 0 saturated heterocycles. The van der Waals surface area contributed by atoms with Crippen molar-refractivity contribution >= 4 is 30.5 Å². The van der Waals surface area contributed by atoms with Crippen molar-refractivity contribution in [1.29, 1.82) is 0 Å². The maximum atomic E-state index is 14.1. The minimum absolute atomic E-state index is 0.0727. The van der Waals surface area contributed by atoms with Crippen molar-refractivity contribution in [1.82, 2.24) is 15.5 Å². The fourth-order valence-corrected chi connectivity index (χ4v) is 4.43. The van der Waals surface area contributed by atoms with E-state index in [0.29, 0.717) is 12.5 Å². The first-order chi connectivity index (χ1) is 17.7. The van der Waals surface area contributed by atoms with Gasteiger partial charge in [-0.2, -0.15) is 12.6 Å². The van der Waals surface area contributed by atoms with E-state index in [9.17, 15) is 14.4 Å². The first-order valence-electron chi connectivity index (χ1n) is 14.0. The number of benzene rings is 1. The Bertz CT molecular complexity index is 913. The van der Waals surface area contributed by atoms with E-state index >= 15 is 0 Å². The second-order valence-corrected chi connectivity index (χ2v) is 12.1. The summed E-state index contributed by atoms with van der Waals surface area (Å²) in [5.74, 6) is -0.0558. The molecule has 0 aliphatic carbocycles. The molecule has 0 aliphatic heterocycles. The number of ether oxygens (including phenoxy) is 1. The largest absolute Gasteiger partial charge is 0.444 e. The average Bonchev–Trinajstić information content (AvgIpc) is 2.82. The van der Waals surface area contributed by atoms with Gasteiger partial charge in [-0.15, -0.1) is 0 Å². The van der Waals surface area contributed by atoms with Crippen molar-refractivity contribution in [2.75, 3.05) is 12.3 Å². The van der Waals surface area contributed by atoms with Crippen LogP contribution in [0, 0.1) is 19.8 Å². The Morgan fingerprint density at radius 2 is 1.68 bits per heavy atom. The van der Waals surface area contributed by atoms with E-state index in [0.717, 1.165) is 48.8 Å². The fourth-order valence-electron chi connectivity index (χ4n) is 4.18. The molecule has 3 unspecified atom stereocenters. The van der Waals surface area contributed by atoms with E-state index in [1.54, 1.807) is 25.7 Å². The summed E-state index contributed by atoms with van der Waals surface area (Å²) in [6, 6.07) is 3.85. The van der Waals surface area contributed by atoms with Crippen LogP contribution in [0.5, 0.6) is 0 Å². The number of hydrogen-bond donors (Lipinski definition) is 3. The zero-order valence-corrected chi connectivity index (χ0v) is 25.9. The van der Waals surface area contributed by atoms with Crippen molar-refractivity contribution in [3.05, 3.63) is 34.9 Å². The lowest BCUT2D eigenvalue weighted by Crippen LogP contribution is -2.56. The van der Waals surface area contributed by atoms with Crippen LogP contribution in [0.15, 0.2) is 18.2 Å². The van der Waals surface area contributed by atoms with Gasteiger partial charge in [-0.1, -0.05) is 51.8 Å². The summed E-state index contributed by atoms with van der Waals surface area (Å²) in [7, 11) is 0. The van der Waals surface area contributed by atoms with Crippen molar-refractivity contribution in [2.45, 2.75) is 118 Å². The molecule has 0 fully saturated rings. The van der Waals surface area contributed by atoms with Gasteiger partial charge < -0.3 is 20.3 Å². The Balaban J connectivity index is 3.51. The first kappa shape index (κ1) is 33.8. The normalized spacial score (nSPS) is 14.0. The Morgan fingerprint density at radius 1 is 1.03 bits per heavy atom. The molecule has 0 saturated carbocycles. The number of rotatable bonds is 14. The van der Waals surface area contributed by atoms with Crippen LogP contribution in [-0.4, -0.2) is 52.8 Å². The quantitative estimate of drug-likeness (QED) is 0.193. The lowest BCUT2D eigenvalue weighted by molar-refractivity contribution is -0.144. The van der Waals surface area contributed by atoms with Crippen molar-refractivity contribution in [2.24, 2.45) is 5.92 Å². The number of unbranched alkanes of at least 4 members (excludes halogenated alkanes) is 2. The van der Waals surface area contributed by atoms with Crippen LogP contribution in [-0.2, 0) is 14.3 Å². The number of nitrogens with zero attached hydrogens (tertiary/aromatic N) is 1. The molecule has 0 radical (unpaired) electrons. The van der Waals surface area contributed by atoms with Crippen molar-refractivity contribution in [3.8, 4) is 0 Å². The van der Waals surface area contributed by atoms with E-state index in [2.05, 4.69) is 44.0 Å². The van der Waals surface area contributed by atoms with Gasteiger partial charge in [-0.3, -0.25) is 9.59 Å². The highest BCUT2D eigenvalue weighted by Gasteiger charge is 2.38. The minimum atomic E-state index is -0.948. The molecule has 0 heterocycles. The SMILES string of the molecule is CCCCCNC(=O)C(c1ccc(C)c(C)c1)N(C(=O)C(CS)NC(=O)OC(C)(C)C)C(C)CCC(C)C. The van der Waals surface area contributed by atoms with Crippen LogP contribution in [0.25, 0.3) is 0 Å². The number of amides is 3. The van der Waals surface area contributed by atoms with Gasteiger partial charge in [0.1, 0.15) is 17.7 Å². The zero-order chi connectivity index (χ0) is 29.0. The van der Waals surface area contributed by atoms with Crippen LogP contribution in [0.4, 0.5) is 4.79 Å². The van der Waals surface area contributed by atoms with Gasteiger partial charge in [0.05, 0.1) is 0 Å². The molecule has 0 spiro atoms. The van der Waals surface area contributed by atoms with Gasteiger partial charge in [-0.25, -0.2) is 4.79 Å². The van der Waals surface area contributed by atoms with E-state index in [-0.39, 0.29) is 23.6 Å². The molecule has 7 nitrogen and oxygen atoms in total. The second-order valence-electron chi connectivity index (χ2n) is 11.7. The second kappa shape index (κ2) is 16.0. The Labute approximate surface area is 236 Å².